The van der Waals surface area contributed by atoms with Crippen LogP contribution >= 0.6 is 34.8 Å². The quantitative estimate of drug-likeness (QED) is 0.358. The van der Waals surface area contributed by atoms with Gasteiger partial charge in [0.05, 0.1) is 44.8 Å². The molecule has 0 aliphatic rings. The summed E-state index contributed by atoms with van der Waals surface area (Å²) in [7, 11) is 0. The molecular weight excluding hydrogens is 403 g/mol. The first kappa shape index (κ1) is 19.5. The van der Waals surface area contributed by atoms with Crippen molar-refractivity contribution >= 4 is 56.9 Å². The van der Waals surface area contributed by atoms with Crippen LogP contribution in [-0.4, -0.2) is 19.1 Å². The molecule has 0 amide bonds. The number of aromatic nitrogens is 4. The van der Waals surface area contributed by atoms with E-state index in [-0.39, 0.29) is 0 Å². The average molecular weight is 420 g/mol. The van der Waals surface area contributed by atoms with Crippen LogP contribution < -0.4 is 0 Å². The van der Waals surface area contributed by atoms with E-state index in [1.165, 1.54) is 0 Å². The molecule has 7 heteroatoms. The first-order valence-electron chi connectivity index (χ1n) is 8.15. The molecule has 0 saturated heterocycles. The zero-order valence-corrected chi connectivity index (χ0v) is 16.7. The number of hydrogen-bond donors (Lipinski definition) is 0. The Labute approximate surface area is 172 Å². The molecule has 4 aromatic rings. The van der Waals surface area contributed by atoms with Crippen molar-refractivity contribution in [3.8, 4) is 0 Å². The largest absolute Gasteiger partial charge is 0.327 e. The summed E-state index contributed by atoms with van der Waals surface area (Å²) in [5.41, 5.74) is 3.83. The Morgan fingerprint density at radius 3 is 1.96 bits per heavy atom. The molecule has 0 aliphatic heterocycles. The molecule has 2 aromatic carbocycles. The molecule has 0 bridgehead atoms. The molecule has 0 N–H and O–H groups in total. The lowest BCUT2D eigenvalue weighted by atomic mass is 10.3. The number of benzene rings is 2. The van der Waals surface area contributed by atoms with Crippen LogP contribution in [0.15, 0.2) is 68.3 Å². The lowest BCUT2D eigenvalue weighted by Crippen LogP contribution is -1.91. The highest BCUT2D eigenvalue weighted by Gasteiger charge is 2.05. The first-order chi connectivity index (χ1) is 13.0. The van der Waals surface area contributed by atoms with Crippen molar-refractivity contribution in [1.29, 1.82) is 0 Å². The lowest BCUT2D eigenvalue weighted by molar-refractivity contribution is 0.851. The molecule has 0 unspecified atom stereocenters. The molecule has 0 spiro atoms. The minimum Gasteiger partial charge on any atom is -0.327 e. The predicted octanol–water partition coefficient (Wildman–Crippen LogP) is 6.40. The summed E-state index contributed by atoms with van der Waals surface area (Å²) in [5, 5.41) is 1.80. The van der Waals surface area contributed by atoms with E-state index in [1.807, 2.05) is 45.6 Å². The van der Waals surface area contributed by atoms with Gasteiger partial charge in [0.2, 0.25) is 0 Å². The van der Waals surface area contributed by atoms with Crippen LogP contribution in [0.3, 0.4) is 0 Å². The fourth-order valence-electron chi connectivity index (χ4n) is 2.66. The summed E-state index contributed by atoms with van der Waals surface area (Å²) in [6.45, 7) is 8.85. The van der Waals surface area contributed by atoms with Gasteiger partial charge in [-0.05, 0) is 30.3 Å². The van der Waals surface area contributed by atoms with E-state index in [1.54, 1.807) is 18.7 Å². The smallest absolute Gasteiger partial charge is 0.0961 e. The minimum atomic E-state index is 0.531. The van der Waals surface area contributed by atoms with Crippen LogP contribution in [0.1, 0.15) is 0 Å². The van der Waals surface area contributed by atoms with Gasteiger partial charge in [-0.15, -0.1) is 13.2 Å². The van der Waals surface area contributed by atoms with Gasteiger partial charge in [-0.25, -0.2) is 9.97 Å². The van der Waals surface area contributed by atoms with Gasteiger partial charge in [0, 0.05) is 18.1 Å². The van der Waals surface area contributed by atoms with E-state index in [4.69, 9.17) is 34.8 Å². The van der Waals surface area contributed by atoms with Crippen molar-refractivity contribution in [3.63, 3.8) is 0 Å². The highest BCUT2D eigenvalue weighted by Crippen LogP contribution is 2.27. The molecule has 4 rings (SSSR count). The zero-order chi connectivity index (χ0) is 19.4. The average Bonchev–Trinajstić information content (AvgIpc) is 3.21. The van der Waals surface area contributed by atoms with Crippen molar-refractivity contribution in [2.75, 3.05) is 0 Å². The van der Waals surface area contributed by atoms with Crippen molar-refractivity contribution in [1.82, 2.24) is 19.1 Å². The molecule has 0 radical (unpaired) electrons. The molecule has 27 heavy (non-hydrogen) atoms. The minimum absolute atomic E-state index is 0.531. The van der Waals surface area contributed by atoms with E-state index in [9.17, 15) is 0 Å². The maximum absolute atomic E-state index is 5.92. The van der Waals surface area contributed by atoms with Crippen LogP contribution in [0.4, 0.5) is 0 Å². The summed E-state index contributed by atoms with van der Waals surface area (Å²) < 4.78 is 3.99. The van der Waals surface area contributed by atoms with Gasteiger partial charge >= 0.3 is 0 Å². The SMILES string of the molecule is C=CCn1cnc2cc(Cl)c(Cl)cc21.C=CCn1cnc2cc(Cl)ccc21. The lowest BCUT2D eigenvalue weighted by Gasteiger charge is -2.00. The second-order valence-corrected chi connectivity index (χ2v) is 7.01. The number of imidazole rings is 2. The Balaban J connectivity index is 0.000000156. The number of rotatable bonds is 4. The van der Waals surface area contributed by atoms with Gasteiger partial charge in [-0.3, -0.25) is 0 Å². The number of fused-ring (bicyclic) bond motifs is 2. The Bertz CT molecular complexity index is 1110. The van der Waals surface area contributed by atoms with E-state index in [0.29, 0.717) is 16.6 Å². The Hall–Kier alpha value is -2.27. The maximum Gasteiger partial charge on any atom is 0.0961 e. The van der Waals surface area contributed by atoms with Crippen LogP contribution in [0.25, 0.3) is 22.1 Å². The number of allylic oxidation sites excluding steroid dienone is 2. The van der Waals surface area contributed by atoms with Gasteiger partial charge in [0.1, 0.15) is 0 Å². The highest BCUT2D eigenvalue weighted by molar-refractivity contribution is 6.42. The summed E-state index contributed by atoms with van der Waals surface area (Å²) in [6.07, 6.45) is 7.20. The Morgan fingerprint density at radius 2 is 1.33 bits per heavy atom. The van der Waals surface area contributed by atoms with Crippen LogP contribution in [0.5, 0.6) is 0 Å². The second kappa shape index (κ2) is 8.61. The first-order valence-corrected chi connectivity index (χ1v) is 9.29. The fraction of sp³-hybridized carbons (Fsp3) is 0.100. The predicted molar refractivity (Wildman–Crippen MR) is 115 cm³/mol. The molecule has 4 nitrogen and oxygen atoms in total. The molecule has 2 heterocycles. The van der Waals surface area contributed by atoms with E-state index in [2.05, 4.69) is 23.1 Å². The molecule has 0 fully saturated rings. The monoisotopic (exact) mass is 418 g/mol. The number of hydrogen-bond acceptors (Lipinski definition) is 2. The van der Waals surface area contributed by atoms with Crippen LogP contribution in [0.2, 0.25) is 15.1 Å². The molecule has 0 atom stereocenters. The third-order valence-corrected chi connectivity index (χ3v) is 4.86. The summed E-state index contributed by atoms with van der Waals surface area (Å²) in [4.78, 5) is 8.44. The second-order valence-electron chi connectivity index (χ2n) is 5.76. The third-order valence-electron chi connectivity index (χ3n) is 3.90. The molecule has 0 aliphatic carbocycles. The van der Waals surface area contributed by atoms with Crippen molar-refractivity contribution in [2.24, 2.45) is 0 Å². The summed E-state index contributed by atoms with van der Waals surface area (Å²) >= 11 is 17.6. The summed E-state index contributed by atoms with van der Waals surface area (Å²) in [6, 6.07) is 9.27. The topological polar surface area (TPSA) is 35.6 Å². The van der Waals surface area contributed by atoms with Crippen LogP contribution in [0, 0.1) is 0 Å². The molecule has 138 valence electrons. The zero-order valence-electron chi connectivity index (χ0n) is 14.4. The summed E-state index contributed by atoms with van der Waals surface area (Å²) in [5.74, 6) is 0. The van der Waals surface area contributed by atoms with Gasteiger partial charge < -0.3 is 9.13 Å². The third kappa shape index (κ3) is 4.35. The van der Waals surface area contributed by atoms with E-state index >= 15 is 0 Å². The van der Waals surface area contributed by atoms with Gasteiger partial charge in [-0.1, -0.05) is 47.0 Å². The maximum atomic E-state index is 5.92. The van der Waals surface area contributed by atoms with Crippen molar-refractivity contribution < 1.29 is 0 Å². The fourth-order valence-corrected chi connectivity index (χ4v) is 3.14. The molecule has 0 saturated carbocycles. The van der Waals surface area contributed by atoms with Gasteiger partial charge in [0.15, 0.2) is 0 Å². The van der Waals surface area contributed by atoms with Gasteiger partial charge in [-0.2, -0.15) is 0 Å². The van der Waals surface area contributed by atoms with Crippen molar-refractivity contribution in [2.45, 2.75) is 13.1 Å². The van der Waals surface area contributed by atoms with Crippen molar-refractivity contribution in [3.05, 3.63) is 83.4 Å². The Morgan fingerprint density at radius 1 is 0.778 bits per heavy atom. The molecule has 2 aromatic heterocycles. The standard InChI is InChI=1S/C10H8Cl2N2.C10H9ClN2/c1-2-3-14-6-13-9-4-7(11)8(12)5-10(9)14;1-2-5-13-7-12-9-6-8(11)3-4-10(9)13/h2,4-6H,1,3H2;2-4,6-7H,1,5H2. The molecular formula is C20H17Cl3N4. The van der Waals surface area contributed by atoms with Crippen LogP contribution in [-0.2, 0) is 13.1 Å². The number of halogens is 3. The highest BCUT2D eigenvalue weighted by atomic mass is 35.5. The van der Waals surface area contributed by atoms with Gasteiger partial charge in [0.25, 0.3) is 0 Å². The normalized spacial score (nSPS) is 10.6. The van der Waals surface area contributed by atoms with E-state index in [0.717, 1.165) is 33.6 Å². The number of nitrogens with zero attached hydrogens (tertiary/aromatic N) is 4. The van der Waals surface area contributed by atoms with E-state index < -0.39 is 0 Å². The Kier molecular flexibility index (Phi) is 6.22.